The van der Waals surface area contributed by atoms with Crippen LogP contribution in [0.15, 0.2) is 42.5 Å². The Balaban J connectivity index is 1.67. The van der Waals surface area contributed by atoms with Crippen LogP contribution in [0.25, 0.3) is 0 Å². The highest BCUT2D eigenvalue weighted by Gasteiger charge is 2.37. The van der Waals surface area contributed by atoms with Crippen molar-refractivity contribution < 1.29 is 9.90 Å². The van der Waals surface area contributed by atoms with Crippen LogP contribution in [0.1, 0.15) is 23.1 Å². The number of amides is 1. The molecule has 0 saturated carbocycles. The van der Waals surface area contributed by atoms with E-state index in [1.165, 1.54) is 5.56 Å². The van der Waals surface area contributed by atoms with Gasteiger partial charge in [0.25, 0.3) is 0 Å². The van der Waals surface area contributed by atoms with Crippen molar-refractivity contribution in [1.29, 1.82) is 0 Å². The van der Waals surface area contributed by atoms with Crippen LogP contribution >= 0.6 is 11.6 Å². The molecule has 1 amide bonds. The Labute approximate surface area is 146 Å². The summed E-state index contributed by atoms with van der Waals surface area (Å²) in [5, 5.41) is 16.5. The smallest absolute Gasteiger partial charge is 0.238 e. The van der Waals surface area contributed by atoms with Crippen LogP contribution in [0, 0.1) is 6.92 Å². The molecule has 3 N–H and O–H groups in total. The number of hydrogen-bond donors (Lipinski definition) is 3. The summed E-state index contributed by atoms with van der Waals surface area (Å²) in [5.41, 5.74) is 3.39. The Bertz CT molecular complexity index is 763. The van der Waals surface area contributed by atoms with Crippen LogP contribution in [-0.2, 0) is 16.8 Å². The van der Waals surface area contributed by atoms with E-state index in [1.54, 1.807) is 6.07 Å². The SMILES string of the molecule is Cc1ccc(NC(=O)CNC2(CO)CCc3ccccc32)c(Cl)c1. The first-order valence-electron chi connectivity index (χ1n) is 8.04. The number of carbonyl (C=O) groups excluding carboxylic acids is 1. The lowest BCUT2D eigenvalue weighted by molar-refractivity contribution is -0.115. The molecule has 1 aliphatic rings. The van der Waals surface area contributed by atoms with Crippen molar-refractivity contribution >= 4 is 23.2 Å². The van der Waals surface area contributed by atoms with Crippen LogP contribution in [0.3, 0.4) is 0 Å². The molecular formula is C19H21ClN2O2. The molecule has 1 atom stereocenters. The van der Waals surface area contributed by atoms with Gasteiger partial charge in [0.05, 0.1) is 29.4 Å². The average molecular weight is 345 g/mol. The van der Waals surface area contributed by atoms with Crippen LogP contribution in [0.4, 0.5) is 5.69 Å². The van der Waals surface area contributed by atoms with Gasteiger partial charge in [-0.3, -0.25) is 10.1 Å². The molecule has 1 unspecified atom stereocenters. The Morgan fingerprint density at radius 2 is 2.08 bits per heavy atom. The minimum Gasteiger partial charge on any atom is -0.394 e. The number of fused-ring (bicyclic) bond motifs is 1. The quantitative estimate of drug-likeness (QED) is 0.781. The van der Waals surface area contributed by atoms with E-state index in [0.717, 1.165) is 24.0 Å². The van der Waals surface area contributed by atoms with Crippen molar-refractivity contribution in [2.45, 2.75) is 25.3 Å². The van der Waals surface area contributed by atoms with Crippen LogP contribution in [0.5, 0.6) is 0 Å². The number of aliphatic hydroxyl groups is 1. The molecule has 0 radical (unpaired) electrons. The number of benzene rings is 2. The van der Waals surface area contributed by atoms with E-state index in [4.69, 9.17) is 11.6 Å². The number of anilines is 1. The molecular weight excluding hydrogens is 324 g/mol. The van der Waals surface area contributed by atoms with E-state index in [2.05, 4.69) is 16.7 Å². The monoisotopic (exact) mass is 344 g/mol. The average Bonchev–Trinajstić information content (AvgIpc) is 2.95. The van der Waals surface area contributed by atoms with E-state index in [-0.39, 0.29) is 19.1 Å². The summed E-state index contributed by atoms with van der Waals surface area (Å²) >= 11 is 6.15. The molecule has 3 rings (SSSR count). The van der Waals surface area contributed by atoms with Crippen LogP contribution in [0.2, 0.25) is 5.02 Å². The zero-order valence-corrected chi connectivity index (χ0v) is 14.4. The van der Waals surface area contributed by atoms with Gasteiger partial charge in [0.15, 0.2) is 0 Å². The fourth-order valence-electron chi connectivity index (χ4n) is 3.26. The predicted molar refractivity (Wildman–Crippen MR) is 96.3 cm³/mol. The third-order valence-electron chi connectivity index (χ3n) is 4.61. The van der Waals surface area contributed by atoms with E-state index in [9.17, 15) is 9.90 Å². The highest BCUT2D eigenvalue weighted by Crippen LogP contribution is 2.36. The van der Waals surface area contributed by atoms with Crippen molar-refractivity contribution in [3.05, 3.63) is 64.2 Å². The molecule has 4 nitrogen and oxygen atoms in total. The molecule has 2 aromatic carbocycles. The number of carbonyl (C=O) groups is 1. The topological polar surface area (TPSA) is 61.4 Å². The second-order valence-corrected chi connectivity index (χ2v) is 6.69. The lowest BCUT2D eigenvalue weighted by Gasteiger charge is -2.29. The van der Waals surface area contributed by atoms with Crippen molar-refractivity contribution in [1.82, 2.24) is 5.32 Å². The number of aryl methyl sites for hydroxylation is 2. The summed E-state index contributed by atoms with van der Waals surface area (Å²) in [6, 6.07) is 13.5. The van der Waals surface area contributed by atoms with Crippen molar-refractivity contribution in [3.63, 3.8) is 0 Å². The molecule has 24 heavy (non-hydrogen) atoms. The first-order valence-corrected chi connectivity index (χ1v) is 8.42. The first-order chi connectivity index (χ1) is 11.5. The molecule has 0 fully saturated rings. The largest absolute Gasteiger partial charge is 0.394 e. The maximum atomic E-state index is 12.3. The van der Waals surface area contributed by atoms with E-state index in [1.807, 2.05) is 37.3 Å². The van der Waals surface area contributed by atoms with Gasteiger partial charge in [-0.15, -0.1) is 0 Å². The molecule has 5 heteroatoms. The molecule has 0 heterocycles. The predicted octanol–water partition coefficient (Wildman–Crippen LogP) is 3.01. The fourth-order valence-corrected chi connectivity index (χ4v) is 3.54. The van der Waals surface area contributed by atoms with Crippen LogP contribution < -0.4 is 10.6 Å². The molecule has 0 saturated heterocycles. The van der Waals surface area contributed by atoms with Gasteiger partial charge in [-0.25, -0.2) is 0 Å². The lowest BCUT2D eigenvalue weighted by atomic mass is 9.92. The fraction of sp³-hybridized carbons (Fsp3) is 0.316. The summed E-state index contributed by atoms with van der Waals surface area (Å²) in [7, 11) is 0. The molecule has 126 valence electrons. The van der Waals surface area contributed by atoms with Gasteiger partial charge in [-0.2, -0.15) is 0 Å². The standard InChI is InChI=1S/C19H21ClN2O2/c1-13-6-7-17(16(20)10-13)22-18(24)11-21-19(12-23)9-8-14-4-2-3-5-15(14)19/h2-7,10,21,23H,8-9,11-12H2,1H3,(H,22,24). The number of halogens is 1. The van der Waals surface area contributed by atoms with Gasteiger partial charge in [-0.1, -0.05) is 41.9 Å². The van der Waals surface area contributed by atoms with Crippen molar-refractivity contribution in [2.24, 2.45) is 0 Å². The summed E-state index contributed by atoms with van der Waals surface area (Å²) in [6.07, 6.45) is 1.68. The lowest BCUT2D eigenvalue weighted by Crippen LogP contribution is -2.47. The zero-order valence-electron chi connectivity index (χ0n) is 13.6. The second-order valence-electron chi connectivity index (χ2n) is 6.28. The highest BCUT2D eigenvalue weighted by molar-refractivity contribution is 6.33. The molecule has 0 aromatic heterocycles. The summed E-state index contributed by atoms with van der Waals surface area (Å²) in [5.74, 6) is -0.182. The highest BCUT2D eigenvalue weighted by atomic mass is 35.5. The third kappa shape index (κ3) is 3.31. The zero-order chi connectivity index (χ0) is 17.2. The van der Waals surface area contributed by atoms with Gasteiger partial charge in [0, 0.05) is 0 Å². The Morgan fingerprint density at radius 3 is 2.83 bits per heavy atom. The van der Waals surface area contributed by atoms with Crippen molar-refractivity contribution in [2.75, 3.05) is 18.5 Å². The normalized spacial score (nSPS) is 19.1. The molecule has 0 spiro atoms. The molecule has 2 aromatic rings. The van der Waals surface area contributed by atoms with Gasteiger partial charge < -0.3 is 10.4 Å². The van der Waals surface area contributed by atoms with Gasteiger partial charge in [0.2, 0.25) is 5.91 Å². The maximum Gasteiger partial charge on any atom is 0.238 e. The first kappa shape index (κ1) is 17.0. The second kappa shape index (κ2) is 6.93. The van der Waals surface area contributed by atoms with E-state index >= 15 is 0 Å². The van der Waals surface area contributed by atoms with Gasteiger partial charge in [-0.05, 0) is 48.6 Å². The number of aliphatic hydroxyl groups excluding tert-OH is 1. The van der Waals surface area contributed by atoms with Gasteiger partial charge >= 0.3 is 0 Å². The maximum absolute atomic E-state index is 12.3. The number of rotatable bonds is 5. The van der Waals surface area contributed by atoms with Crippen LogP contribution in [-0.4, -0.2) is 24.2 Å². The Hall–Kier alpha value is -1.88. The Kier molecular flexibility index (Phi) is 4.90. The summed E-state index contributed by atoms with van der Waals surface area (Å²) < 4.78 is 0. The third-order valence-corrected chi connectivity index (χ3v) is 4.92. The summed E-state index contributed by atoms with van der Waals surface area (Å²) in [6.45, 7) is 2.02. The minimum absolute atomic E-state index is 0.0391. The number of nitrogens with one attached hydrogen (secondary N) is 2. The Morgan fingerprint density at radius 1 is 1.29 bits per heavy atom. The molecule has 1 aliphatic carbocycles. The number of hydrogen-bond acceptors (Lipinski definition) is 3. The molecule has 0 aliphatic heterocycles. The van der Waals surface area contributed by atoms with E-state index < -0.39 is 5.54 Å². The van der Waals surface area contributed by atoms with E-state index in [0.29, 0.717) is 10.7 Å². The summed E-state index contributed by atoms with van der Waals surface area (Å²) in [4.78, 5) is 12.3. The minimum atomic E-state index is -0.551. The van der Waals surface area contributed by atoms with Gasteiger partial charge in [0.1, 0.15) is 0 Å². The van der Waals surface area contributed by atoms with Crippen molar-refractivity contribution in [3.8, 4) is 0 Å². The molecule has 0 bridgehead atoms.